The minimum absolute atomic E-state index is 0.0255. The molecular formula is C21H30N4O2. The molecule has 3 saturated heterocycles. The molecule has 1 unspecified atom stereocenters. The third kappa shape index (κ3) is 3.73. The smallest absolute Gasteiger partial charge is 0.322 e. The van der Waals surface area contributed by atoms with E-state index in [0.29, 0.717) is 13.0 Å². The first-order valence-corrected chi connectivity index (χ1v) is 10.3. The summed E-state index contributed by atoms with van der Waals surface area (Å²) in [6.45, 7) is 5.23. The van der Waals surface area contributed by atoms with E-state index in [1.807, 2.05) is 18.2 Å². The quantitative estimate of drug-likeness (QED) is 0.747. The Morgan fingerprint density at radius 2 is 1.70 bits per heavy atom. The van der Waals surface area contributed by atoms with Crippen LogP contribution in [0, 0.1) is 5.92 Å². The van der Waals surface area contributed by atoms with Gasteiger partial charge in [-0.05, 0) is 63.3 Å². The lowest BCUT2D eigenvalue weighted by atomic mass is 9.74. The maximum Gasteiger partial charge on any atom is 0.325 e. The van der Waals surface area contributed by atoms with Gasteiger partial charge in [-0.2, -0.15) is 0 Å². The summed E-state index contributed by atoms with van der Waals surface area (Å²) in [5.41, 5.74) is 0.303. The average Bonchev–Trinajstić information content (AvgIpc) is 3.29. The molecule has 0 aromatic heterocycles. The summed E-state index contributed by atoms with van der Waals surface area (Å²) in [7, 11) is 0. The number of carbonyl (C=O) groups excluding carboxylic acids is 2. The van der Waals surface area contributed by atoms with Crippen LogP contribution in [0.3, 0.4) is 0 Å². The molecule has 0 spiro atoms. The third-order valence-electron chi connectivity index (χ3n) is 6.40. The molecule has 3 heterocycles. The Kier molecular flexibility index (Phi) is 5.45. The molecule has 1 aromatic carbocycles. The fraction of sp³-hybridized carbons (Fsp3) is 0.619. The van der Waals surface area contributed by atoms with E-state index < -0.39 is 5.54 Å². The van der Waals surface area contributed by atoms with E-state index in [2.05, 4.69) is 27.7 Å². The van der Waals surface area contributed by atoms with Gasteiger partial charge in [-0.15, -0.1) is 0 Å². The van der Waals surface area contributed by atoms with Gasteiger partial charge in [0.1, 0.15) is 5.54 Å². The Balaban J connectivity index is 1.55. The zero-order chi connectivity index (χ0) is 18.7. The molecule has 4 rings (SSSR count). The minimum atomic E-state index is -0.800. The highest BCUT2D eigenvalue weighted by atomic mass is 16.2. The first-order valence-electron chi connectivity index (χ1n) is 10.3. The van der Waals surface area contributed by atoms with Crippen LogP contribution in [0.2, 0.25) is 0 Å². The predicted molar refractivity (Wildman–Crippen MR) is 104 cm³/mol. The fourth-order valence-electron chi connectivity index (χ4n) is 4.87. The van der Waals surface area contributed by atoms with E-state index in [1.54, 1.807) is 0 Å². The van der Waals surface area contributed by atoms with Crippen LogP contribution in [0.5, 0.6) is 0 Å². The van der Waals surface area contributed by atoms with Gasteiger partial charge in [-0.1, -0.05) is 30.3 Å². The molecule has 27 heavy (non-hydrogen) atoms. The molecule has 0 aliphatic carbocycles. The van der Waals surface area contributed by atoms with Crippen molar-refractivity contribution in [2.75, 3.05) is 39.3 Å². The number of carbonyl (C=O) groups is 2. The predicted octanol–water partition coefficient (Wildman–Crippen LogP) is 1.62. The minimum Gasteiger partial charge on any atom is -0.322 e. The lowest BCUT2D eigenvalue weighted by molar-refractivity contribution is -0.133. The molecule has 6 heteroatoms. The van der Waals surface area contributed by atoms with Crippen molar-refractivity contribution in [1.82, 2.24) is 20.4 Å². The molecule has 0 saturated carbocycles. The summed E-state index contributed by atoms with van der Waals surface area (Å²) in [5, 5.41) is 6.53. The van der Waals surface area contributed by atoms with Crippen molar-refractivity contribution in [3.8, 4) is 0 Å². The van der Waals surface area contributed by atoms with E-state index in [0.717, 1.165) is 51.1 Å². The van der Waals surface area contributed by atoms with Crippen molar-refractivity contribution in [3.63, 3.8) is 0 Å². The highest BCUT2D eigenvalue weighted by molar-refractivity contribution is 6.07. The number of piperidine rings is 1. The molecule has 6 nitrogen and oxygen atoms in total. The second-order valence-corrected chi connectivity index (χ2v) is 8.09. The molecule has 2 N–H and O–H groups in total. The number of amides is 3. The Labute approximate surface area is 161 Å². The molecule has 3 fully saturated rings. The normalized spacial score (nSPS) is 27.3. The first kappa shape index (κ1) is 18.4. The summed E-state index contributed by atoms with van der Waals surface area (Å²) in [5.74, 6) is 0.148. The fourth-order valence-corrected chi connectivity index (χ4v) is 4.87. The van der Waals surface area contributed by atoms with Crippen LogP contribution in [0.15, 0.2) is 30.3 Å². The highest BCUT2D eigenvalue weighted by Gasteiger charge is 2.55. The van der Waals surface area contributed by atoms with Gasteiger partial charge in [0, 0.05) is 19.5 Å². The summed E-state index contributed by atoms with van der Waals surface area (Å²) in [6.07, 6.45) is 4.83. The van der Waals surface area contributed by atoms with Gasteiger partial charge in [0.2, 0.25) is 0 Å². The molecular weight excluding hydrogens is 340 g/mol. The number of urea groups is 1. The Morgan fingerprint density at radius 3 is 2.41 bits per heavy atom. The SMILES string of the molecule is O=C1NC(Cc2ccccc2)(C2CCNCC2)C(=O)N1CCN1CCCC1. The van der Waals surface area contributed by atoms with E-state index in [4.69, 9.17) is 0 Å². The monoisotopic (exact) mass is 370 g/mol. The Hall–Kier alpha value is -1.92. The second-order valence-electron chi connectivity index (χ2n) is 8.09. The van der Waals surface area contributed by atoms with Crippen molar-refractivity contribution in [1.29, 1.82) is 0 Å². The highest BCUT2D eigenvalue weighted by Crippen LogP contribution is 2.35. The van der Waals surface area contributed by atoms with Crippen LogP contribution in [-0.2, 0) is 11.2 Å². The van der Waals surface area contributed by atoms with E-state index in [-0.39, 0.29) is 17.9 Å². The standard InChI is InChI=1S/C21H30N4O2/c26-19-21(18-8-10-22-11-9-18,16-17-6-2-1-3-7-17)23-20(27)25(19)15-14-24-12-4-5-13-24/h1-3,6-7,18,22H,4-5,8-16H2,(H,23,27). The summed E-state index contributed by atoms with van der Waals surface area (Å²) >= 11 is 0. The van der Waals surface area contributed by atoms with E-state index >= 15 is 0 Å². The number of hydrogen-bond acceptors (Lipinski definition) is 4. The van der Waals surface area contributed by atoms with Crippen LogP contribution in [-0.4, -0.2) is 66.5 Å². The van der Waals surface area contributed by atoms with Crippen molar-refractivity contribution in [2.24, 2.45) is 5.92 Å². The van der Waals surface area contributed by atoms with Crippen LogP contribution in [0.4, 0.5) is 4.79 Å². The van der Waals surface area contributed by atoms with Gasteiger partial charge in [0.25, 0.3) is 5.91 Å². The molecule has 1 aromatic rings. The van der Waals surface area contributed by atoms with Gasteiger partial charge in [-0.25, -0.2) is 4.79 Å². The summed E-state index contributed by atoms with van der Waals surface area (Å²) < 4.78 is 0. The topological polar surface area (TPSA) is 64.7 Å². The maximum absolute atomic E-state index is 13.5. The molecule has 3 aliphatic heterocycles. The number of nitrogens with one attached hydrogen (secondary N) is 2. The van der Waals surface area contributed by atoms with E-state index in [9.17, 15) is 9.59 Å². The maximum atomic E-state index is 13.5. The molecule has 0 bridgehead atoms. The number of likely N-dealkylation sites (tertiary alicyclic amines) is 1. The molecule has 146 valence electrons. The van der Waals surface area contributed by atoms with Gasteiger partial charge >= 0.3 is 6.03 Å². The molecule has 3 amide bonds. The number of rotatable bonds is 6. The van der Waals surface area contributed by atoms with Crippen LogP contribution >= 0.6 is 0 Å². The lowest BCUT2D eigenvalue weighted by Crippen LogP contribution is -2.57. The van der Waals surface area contributed by atoms with Crippen molar-refractivity contribution < 1.29 is 9.59 Å². The molecule has 1 atom stereocenters. The average molecular weight is 370 g/mol. The van der Waals surface area contributed by atoms with Gasteiger partial charge in [0.15, 0.2) is 0 Å². The second kappa shape index (κ2) is 7.98. The third-order valence-corrected chi connectivity index (χ3v) is 6.40. The summed E-state index contributed by atoms with van der Waals surface area (Å²) in [6, 6.07) is 9.87. The molecule has 3 aliphatic rings. The van der Waals surface area contributed by atoms with Gasteiger partial charge in [-0.3, -0.25) is 9.69 Å². The Morgan fingerprint density at radius 1 is 1.00 bits per heavy atom. The van der Waals surface area contributed by atoms with Crippen LogP contribution < -0.4 is 10.6 Å². The number of benzene rings is 1. The summed E-state index contributed by atoms with van der Waals surface area (Å²) in [4.78, 5) is 30.2. The van der Waals surface area contributed by atoms with Gasteiger partial charge in [0.05, 0.1) is 0 Å². The Bertz CT molecular complexity index is 668. The first-order chi connectivity index (χ1) is 13.2. The zero-order valence-electron chi connectivity index (χ0n) is 16.0. The van der Waals surface area contributed by atoms with Gasteiger partial charge < -0.3 is 15.5 Å². The van der Waals surface area contributed by atoms with E-state index in [1.165, 1.54) is 17.7 Å². The number of hydrogen-bond donors (Lipinski definition) is 2. The largest absolute Gasteiger partial charge is 0.325 e. The van der Waals surface area contributed by atoms with Crippen LogP contribution in [0.25, 0.3) is 0 Å². The number of imide groups is 1. The number of nitrogens with zero attached hydrogens (tertiary/aromatic N) is 2. The van der Waals surface area contributed by atoms with Crippen molar-refractivity contribution in [2.45, 2.75) is 37.6 Å². The van der Waals surface area contributed by atoms with Crippen molar-refractivity contribution in [3.05, 3.63) is 35.9 Å². The lowest BCUT2D eigenvalue weighted by Gasteiger charge is -2.38. The zero-order valence-corrected chi connectivity index (χ0v) is 16.0. The van der Waals surface area contributed by atoms with Crippen LogP contribution in [0.1, 0.15) is 31.2 Å². The van der Waals surface area contributed by atoms with Crippen molar-refractivity contribution >= 4 is 11.9 Å². The molecule has 0 radical (unpaired) electrons.